The van der Waals surface area contributed by atoms with Crippen LogP contribution < -0.4 is 32.8 Å². The van der Waals surface area contributed by atoms with Crippen molar-refractivity contribution in [3.63, 3.8) is 0 Å². The van der Waals surface area contributed by atoms with Gasteiger partial charge in [-0.05, 0) is 123 Å². The van der Waals surface area contributed by atoms with Gasteiger partial charge in [0, 0.05) is 15.2 Å². The number of aryl methyl sites for hydroxylation is 12. The minimum atomic E-state index is 0.134. The molecule has 0 N–H and O–H groups in total. The summed E-state index contributed by atoms with van der Waals surface area (Å²) in [6.45, 7) is 27.6. The molecule has 0 aliphatic carbocycles. The van der Waals surface area contributed by atoms with Crippen molar-refractivity contribution < 1.29 is 0 Å². The van der Waals surface area contributed by atoms with Crippen molar-refractivity contribution in [1.29, 1.82) is 0 Å². The van der Waals surface area contributed by atoms with Crippen LogP contribution in [0.5, 0.6) is 0 Å². The van der Waals surface area contributed by atoms with E-state index < -0.39 is 0 Å². The Hall–Kier alpha value is -5.24. The lowest BCUT2D eigenvalue weighted by atomic mass is 9.34. The number of fused-ring (bicyclic) bond motifs is 4. The minimum absolute atomic E-state index is 0.134. The molecule has 0 saturated heterocycles. The summed E-state index contributed by atoms with van der Waals surface area (Å²) in [7, 11) is 0. The second kappa shape index (κ2) is 14.8. The molecule has 0 fully saturated rings. The van der Waals surface area contributed by atoms with E-state index in [-0.39, 0.29) is 13.4 Å². The fourth-order valence-corrected chi connectivity index (χ4v) is 12.5. The van der Waals surface area contributed by atoms with Crippen LogP contribution in [-0.4, -0.2) is 13.4 Å². The molecule has 1 heterocycles. The number of benzene rings is 8. The van der Waals surface area contributed by atoms with Crippen molar-refractivity contribution in [2.45, 2.75) is 92.9 Å². The van der Waals surface area contributed by atoms with Gasteiger partial charge in [-0.1, -0.05) is 208 Å². The smallest absolute Gasteiger partial charge is 0.0888 e. The van der Waals surface area contributed by atoms with Gasteiger partial charge in [0.15, 0.2) is 0 Å². The van der Waals surface area contributed by atoms with Crippen molar-refractivity contribution in [3.05, 3.63) is 176 Å². The predicted octanol–water partition coefficient (Wildman–Crippen LogP) is 10.9. The van der Waals surface area contributed by atoms with Gasteiger partial charge in [0.1, 0.15) is 0 Å². The fourth-order valence-electron chi connectivity index (χ4n) is 11.4. The summed E-state index contributed by atoms with van der Waals surface area (Å²) in [5.41, 5.74) is 27.3. The Morgan fingerprint density at radius 1 is 0.339 bits per heavy atom. The van der Waals surface area contributed by atoms with Gasteiger partial charge >= 0.3 is 0 Å². The zero-order chi connectivity index (χ0) is 41.6. The fraction of sp³-hybridized carbons (Fsp3) is 0.214. The summed E-state index contributed by atoms with van der Waals surface area (Å²) in [6, 6.07) is 43.1. The molecule has 3 heteroatoms. The van der Waals surface area contributed by atoms with Gasteiger partial charge in [0.25, 0.3) is 0 Å². The van der Waals surface area contributed by atoms with Crippen LogP contribution >= 0.6 is 11.8 Å². The number of hydrogen-bond donors (Lipinski definition) is 0. The molecular formula is C56H54B2S. The maximum Gasteiger partial charge on any atom is 0.242 e. The van der Waals surface area contributed by atoms with E-state index in [9.17, 15) is 0 Å². The van der Waals surface area contributed by atoms with Crippen molar-refractivity contribution in [1.82, 2.24) is 0 Å². The minimum Gasteiger partial charge on any atom is -0.0888 e. The molecular weight excluding hydrogens is 726 g/mol. The van der Waals surface area contributed by atoms with E-state index in [4.69, 9.17) is 0 Å². The van der Waals surface area contributed by atoms with Crippen LogP contribution in [0.3, 0.4) is 0 Å². The van der Waals surface area contributed by atoms with E-state index in [2.05, 4.69) is 192 Å². The number of rotatable bonds is 6. The van der Waals surface area contributed by atoms with Crippen LogP contribution in [0.15, 0.2) is 119 Å². The third-order valence-electron chi connectivity index (χ3n) is 13.3. The standard InChI is InChI=1S/C56H54B2S/c1-31-20-35(5)53(36(6)21-31)57(54-37(7)22-32(2)23-38(54)8)44-17-16-43-28-49-46-19-18-45(30-51(46)59-50-15-13-14-47(52(49)50)48(43)29-44)58(55-39(9)24-33(3)25-40(55)10)56-41(11)26-34(4)27-42(56)12/h13-30H,1-12H3. The maximum absolute atomic E-state index is 2.52. The summed E-state index contributed by atoms with van der Waals surface area (Å²) < 4.78 is 0. The highest BCUT2D eigenvalue weighted by Gasteiger charge is 2.32. The van der Waals surface area contributed by atoms with Crippen LogP contribution in [0, 0.1) is 83.1 Å². The summed E-state index contributed by atoms with van der Waals surface area (Å²) in [4.78, 5) is 2.67. The predicted molar refractivity (Wildman–Crippen MR) is 263 cm³/mol. The molecule has 0 amide bonds. The van der Waals surface area contributed by atoms with Crippen molar-refractivity contribution >= 4 is 79.5 Å². The Morgan fingerprint density at radius 2 is 0.746 bits per heavy atom. The van der Waals surface area contributed by atoms with Crippen LogP contribution in [0.2, 0.25) is 0 Å². The monoisotopic (exact) mass is 780 g/mol. The highest BCUT2D eigenvalue weighted by atomic mass is 32.2. The van der Waals surface area contributed by atoms with Crippen molar-refractivity contribution in [2.75, 3.05) is 0 Å². The Morgan fingerprint density at radius 3 is 1.19 bits per heavy atom. The third-order valence-corrected chi connectivity index (χ3v) is 14.4. The zero-order valence-corrected chi connectivity index (χ0v) is 37.8. The second-order valence-electron chi connectivity index (χ2n) is 18.1. The third kappa shape index (κ3) is 6.67. The van der Waals surface area contributed by atoms with Gasteiger partial charge in [-0.15, -0.1) is 0 Å². The Balaban J connectivity index is 1.23. The second-order valence-corrected chi connectivity index (χ2v) is 19.1. The lowest BCUT2D eigenvalue weighted by Crippen LogP contribution is -2.55. The van der Waals surface area contributed by atoms with E-state index in [1.165, 1.54) is 142 Å². The van der Waals surface area contributed by atoms with Gasteiger partial charge in [-0.25, -0.2) is 0 Å². The van der Waals surface area contributed by atoms with E-state index >= 15 is 0 Å². The average Bonchev–Trinajstić information content (AvgIpc) is 3.15. The van der Waals surface area contributed by atoms with Gasteiger partial charge < -0.3 is 0 Å². The summed E-state index contributed by atoms with van der Waals surface area (Å²) >= 11 is 1.94. The average molecular weight is 781 g/mol. The molecule has 9 rings (SSSR count). The summed E-state index contributed by atoms with van der Waals surface area (Å²) in [6.07, 6.45) is 0. The van der Waals surface area contributed by atoms with E-state index in [1.54, 1.807) is 0 Å². The Labute approximate surface area is 357 Å². The molecule has 0 nitrogen and oxygen atoms in total. The van der Waals surface area contributed by atoms with Crippen molar-refractivity contribution in [2.24, 2.45) is 0 Å². The summed E-state index contributed by atoms with van der Waals surface area (Å²) in [5.74, 6) is 0. The molecule has 0 unspecified atom stereocenters. The first-order valence-electron chi connectivity index (χ1n) is 21.3. The van der Waals surface area contributed by atoms with Crippen LogP contribution in [0.4, 0.5) is 0 Å². The molecule has 0 spiro atoms. The molecule has 8 aromatic carbocycles. The topological polar surface area (TPSA) is 0 Å². The molecule has 0 atom stereocenters. The van der Waals surface area contributed by atoms with Gasteiger partial charge in [-0.2, -0.15) is 0 Å². The maximum atomic E-state index is 2.52. The van der Waals surface area contributed by atoms with Crippen LogP contribution in [0.1, 0.15) is 66.8 Å². The van der Waals surface area contributed by atoms with Crippen LogP contribution in [-0.2, 0) is 0 Å². The van der Waals surface area contributed by atoms with Crippen molar-refractivity contribution in [3.8, 4) is 11.1 Å². The quantitative estimate of drug-likeness (QED) is 0.120. The first-order valence-corrected chi connectivity index (χ1v) is 22.1. The molecule has 1 aliphatic heterocycles. The van der Waals surface area contributed by atoms with Crippen LogP contribution in [0.25, 0.3) is 32.7 Å². The molecule has 0 aromatic heterocycles. The van der Waals surface area contributed by atoms with Gasteiger partial charge in [0.2, 0.25) is 13.4 Å². The largest absolute Gasteiger partial charge is 0.242 e. The van der Waals surface area contributed by atoms with E-state index in [1.807, 2.05) is 11.8 Å². The highest BCUT2D eigenvalue weighted by molar-refractivity contribution is 7.99. The lowest BCUT2D eigenvalue weighted by Gasteiger charge is -2.27. The van der Waals surface area contributed by atoms with Gasteiger partial charge in [0.05, 0.1) is 0 Å². The first kappa shape index (κ1) is 39.2. The molecule has 8 aromatic rings. The van der Waals surface area contributed by atoms with E-state index in [0.717, 1.165) is 0 Å². The molecule has 290 valence electrons. The number of hydrogen-bond acceptors (Lipinski definition) is 1. The molecule has 0 bridgehead atoms. The molecule has 59 heavy (non-hydrogen) atoms. The normalized spacial score (nSPS) is 12.0. The first-order chi connectivity index (χ1) is 28.2. The zero-order valence-electron chi connectivity index (χ0n) is 37.0. The molecule has 1 aliphatic rings. The Kier molecular flexibility index (Phi) is 9.83. The van der Waals surface area contributed by atoms with E-state index in [0.29, 0.717) is 0 Å². The molecule has 0 radical (unpaired) electrons. The molecule has 0 saturated carbocycles. The SMILES string of the molecule is Cc1cc(C)c(B(c2ccc3c(c2)Sc2cccc4c2c-3cc2ccc(B(c3c(C)cc(C)cc3C)c3c(C)cc(C)cc3C)cc24)c2c(C)cc(C)cc2C)c(C)c1. The Bertz CT molecular complexity index is 2850. The lowest BCUT2D eigenvalue weighted by molar-refractivity contribution is 1.33. The van der Waals surface area contributed by atoms with Gasteiger partial charge in [-0.3, -0.25) is 0 Å². The summed E-state index contributed by atoms with van der Waals surface area (Å²) in [5, 5.41) is 5.33. The highest BCUT2D eigenvalue weighted by Crippen LogP contribution is 2.49.